The van der Waals surface area contributed by atoms with Crippen LogP contribution in [-0.4, -0.2) is 146 Å². The number of piperidine rings is 3. The molecule has 18 nitrogen and oxygen atoms in total. The number of aromatic nitrogens is 3. The third-order valence-electron chi connectivity index (χ3n) is 19.0. The fraction of sp³-hybridized carbons (Fsp3) is 0.492. The second-order valence-corrected chi connectivity index (χ2v) is 23.8. The minimum absolute atomic E-state index is 0.0498. The van der Waals surface area contributed by atoms with Gasteiger partial charge in [-0.15, -0.1) is 0 Å². The van der Waals surface area contributed by atoms with Gasteiger partial charge in [-0.05, 0) is 146 Å². The number of fused-ring (bicyclic) bond motifs is 4. The van der Waals surface area contributed by atoms with Crippen molar-refractivity contribution in [3.63, 3.8) is 0 Å². The van der Waals surface area contributed by atoms with Crippen LogP contribution in [0.2, 0.25) is 0 Å². The van der Waals surface area contributed by atoms with Crippen molar-refractivity contribution in [3.8, 4) is 11.3 Å². The molecule has 0 radical (unpaired) electrons. The van der Waals surface area contributed by atoms with Crippen LogP contribution >= 0.6 is 0 Å². The highest BCUT2D eigenvalue weighted by molar-refractivity contribution is 6.24. The molecular formula is C61H68FN11O7. The molecule has 2 saturated carbocycles. The summed E-state index contributed by atoms with van der Waals surface area (Å²) >= 11 is 0. The van der Waals surface area contributed by atoms with Crippen LogP contribution in [0.3, 0.4) is 0 Å². The van der Waals surface area contributed by atoms with Crippen LogP contribution in [0.4, 0.5) is 27.3 Å². The Bertz CT molecular complexity index is 3360. The number of rotatable bonds is 10. The summed E-state index contributed by atoms with van der Waals surface area (Å²) in [4.78, 5) is 116. The number of piperazine rings is 1. The molecule has 4 saturated heterocycles. The van der Waals surface area contributed by atoms with Gasteiger partial charge in [-0.25, -0.2) is 14.4 Å². The maximum atomic E-state index is 15.3. The monoisotopic (exact) mass is 1090 g/mol. The van der Waals surface area contributed by atoms with Gasteiger partial charge in [0.25, 0.3) is 11.8 Å². The number of imide groups is 2. The highest BCUT2D eigenvalue weighted by atomic mass is 19.1. The topological polar surface area (TPSA) is 194 Å². The predicted molar refractivity (Wildman–Crippen MR) is 298 cm³/mol. The zero-order chi connectivity index (χ0) is 55.1. The van der Waals surface area contributed by atoms with E-state index in [9.17, 15) is 28.8 Å². The lowest BCUT2D eigenvalue weighted by Crippen LogP contribution is -2.58. The lowest BCUT2D eigenvalue weighted by atomic mass is 9.72. The third-order valence-corrected chi connectivity index (χ3v) is 19.0. The van der Waals surface area contributed by atoms with E-state index in [1.807, 2.05) is 20.4 Å². The molecule has 8 aliphatic rings. The Kier molecular flexibility index (Phi) is 13.3. The average Bonchev–Trinajstić information content (AvgIpc) is 4.04. The van der Waals surface area contributed by atoms with Crippen molar-refractivity contribution in [2.24, 2.45) is 11.8 Å². The molecule has 0 bridgehead atoms. The van der Waals surface area contributed by atoms with Crippen molar-refractivity contribution in [1.82, 2.24) is 39.5 Å². The minimum Gasteiger partial charge on any atom is -0.368 e. The number of para-hydroxylation sites is 1. The number of imidazole rings is 1. The summed E-state index contributed by atoms with van der Waals surface area (Å²) < 4.78 is 17.2. The first-order valence-electron chi connectivity index (χ1n) is 29.0. The molecule has 19 heteroatoms. The first-order chi connectivity index (χ1) is 38.7. The number of hydrogen-bond acceptors (Lipinski definition) is 12. The van der Waals surface area contributed by atoms with Gasteiger partial charge in [0, 0.05) is 92.6 Å². The second-order valence-electron chi connectivity index (χ2n) is 23.8. The van der Waals surface area contributed by atoms with Gasteiger partial charge in [-0.2, -0.15) is 0 Å². The van der Waals surface area contributed by atoms with Crippen molar-refractivity contribution in [1.29, 1.82) is 0 Å². The number of amides is 7. The molecule has 1 spiro atoms. The van der Waals surface area contributed by atoms with Crippen molar-refractivity contribution in [2.75, 3.05) is 67.5 Å². The van der Waals surface area contributed by atoms with Gasteiger partial charge >= 0.3 is 0 Å². The number of halogens is 1. The van der Waals surface area contributed by atoms with Crippen molar-refractivity contribution >= 4 is 75.3 Å². The minimum atomic E-state index is -1.03. The molecule has 80 heavy (non-hydrogen) atoms. The molecule has 1 atom stereocenters. The molecule has 13 rings (SSSR count). The van der Waals surface area contributed by atoms with E-state index in [0.29, 0.717) is 101 Å². The molecule has 416 valence electrons. The Hall–Kier alpha value is -7.54. The van der Waals surface area contributed by atoms with E-state index in [4.69, 9.17) is 9.97 Å². The summed E-state index contributed by atoms with van der Waals surface area (Å²) in [5.41, 5.74) is 5.66. The van der Waals surface area contributed by atoms with Crippen molar-refractivity contribution in [3.05, 3.63) is 95.6 Å². The number of likely N-dealkylation sites (tertiary alicyclic amines) is 2. The van der Waals surface area contributed by atoms with Crippen molar-refractivity contribution < 1.29 is 38.0 Å². The molecule has 2 aromatic heterocycles. The smallest absolute Gasteiger partial charge is 0.262 e. The van der Waals surface area contributed by atoms with Gasteiger partial charge in [-0.3, -0.25) is 43.8 Å². The number of anilines is 4. The van der Waals surface area contributed by atoms with Crippen LogP contribution in [0.1, 0.15) is 130 Å². The van der Waals surface area contributed by atoms with E-state index in [2.05, 4.69) is 57.4 Å². The Labute approximate surface area is 464 Å². The Morgan fingerprint density at radius 2 is 1.41 bits per heavy atom. The number of pyridine rings is 1. The molecule has 5 aromatic rings. The van der Waals surface area contributed by atoms with Crippen LogP contribution in [0.15, 0.2) is 73.1 Å². The molecule has 7 amide bonds. The van der Waals surface area contributed by atoms with Gasteiger partial charge in [0.15, 0.2) is 5.82 Å². The van der Waals surface area contributed by atoms with Crippen LogP contribution < -0.4 is 20.4 Å². The zero-order valence-electron chi connectivity index (χ0n) is 45.5. The van der Waals surface area contributed by atoms with E-state index < -0.39 is 35.1 Å². The molecule has 6 aliphatic heterocycles. The summed E-state index contributed by atoms with van der Waals surface area (Å²) in [6, 6.07) is 19.5. The molecule has 2 N–H and O–H groups in total. The first-order valence-corrected chi connectivity index (χ1v) is 29.0. The van der Waals surface area contributed by atoms with Gasteiger partial charge in [0.1, 0.15) is 17.4 Å². The molecule has 1 unspecified atom stereocenters. The van der Waals surface area contributed by atoms with Crippen molar-refractivity contribution in [2.45, 2.75) is 127 Å². The standard InChI is InChI=1S/C61H68FN11O7/c1-36(2)71-35-63-49-34-48(65-54(53(49)71)64-47-9-5-4-8-46(47)62)39-14-17-45-51(30-39)72(42-31-41(32-42)67-22-6-3-7-23-67)60(80)61(45)20-24-69(25-21-61)56(76)37-10-12-38(13-11-37)57(77)70-28-26-68(27-29-70)40-15-16-43-44(33-40)59(79)73(58(43)78)50-18-19-52(74)66-55(50)75/h4-5,8-9,14-17,30,33-38,41-42,50H,3,6-7,10-13,18-29,31-32H2,1-2H3,(H,64,65)(H,66,74,75). The Morgan fingerprint density at radius 1 is 0.725 bits per heavy atom. The number of nitrogens with zero attached hydrogens (tertiary/aromatic N) is 9. The Balaban J connectivity index is 0.665. The second kappa shape index (κ2) is 20.5. The largest absolute Gasteiger partial charge is 0.368 e. The van der Waals surface area contributed by atoms with Crippen LogP contribution in [0.5, 0.6) is 0 Å². The summed E-state index contributed by atoms with van der Waals surface area (Å²) in [5.74, 6) is -2.10. The molecule has 6 fully saturated rings. The highest BCUT2D eigenvalue weighted by Gasteiger charge is 2.56. The molecule has 8 heterocycles. The lowest BCUT2D eigenvalue weighted by Gasteiger charge is -2.48. The molecule has 2 aliphatic carbocycles. The lowest BCUT2D eigenvalue weighted by molar-refractivity contribution is -0.143. The van der Waals surface area contributed by atoms with E-state index in [-0.39, 0.29) is 71.4 Å². The number of hydrogen-bond donors (Lipinski definition) is 2. The normalized spacial score (nSPS) is 25.1. The van der Waals surface area contributed by atoms with E-state index in [1.165, 1.54) is 25.3 Å². The fourth-order valence-electron chi connectivity index (χ4n) is 14.4. The quantitative estimate of drug-likeness (QED) is 0.132. The highest BCUT2D eigenvalue weighted by Crippen LogP contribution is 2.53. The van der Waals surface area contributed by atoms with Gasteiger partial charge in [0.05, 0.1) is 39.8 Å². The maximum Gasteiger partial charge on any atom is 0.262 e. The number of carbonyl (C=O) groups is 7. The van der Waals surface area contributed by atoms with E-state index >= 15 is 9.18 Å². The molecule has 3 aromatic carbocycles. The summed E-state index contributed by atoms with van der Waals surface area (Å²) in [6.07, 6.45) is 11.0. The summed E-state index contributed by atoms with van der Waals surface area (Å²) in [5, 5.41) is 5.51. The summed E-state index contributed by atoms with van der Waals surface area (Å²) in [6.45, 7) is 9.35. The Morgan fingerprint density at radius 3 is 2.10 bits per heavy atom. The summed E-state index contributed by atoms with van der Waals surface area (Å²) in [7, 11) is 0. The van der Waals surface area contributed by atoms with Crippen LogP contribution in [-0.2, 0) is 29.4 Å². The number of nitrogens with one attached hydrogen (secondary N) is 2. The third kappa shape index (κ3) is 8.90. The van der Waals surface area contributed by atoms with Gasteiger partial charge < -0.3 is 34.4 Å². The number of benzene rings is 3. The average molecular weight is 1090 g/mol. The van der Waals surface area contributed by atoms with Crippen LogP contribution in [0, 0.1) is 17.7 Å². The number of carbonyl (C=O) groups excluding carboxylic acids is 7. The predicted octanol–water partition coefficient (Wildman–Crippen LogP) is 7.34. The maximum absolute atomic E-state index is 15.3. The fourth-order valence-corrected chi connectivity index (χ4v) is 14.4. The van der Waals surface area contributed by atoms with E-state index in [1.54, 1.807) is 42.7 Å². The van der Waals surface area contributed by atoms with Gasteiger partial charge in [0.2, 0.25) is 29.5 Å². The SMILES string of the molecule is CC(C)n1cnc2cc(-c3ccc4c(c3)N(C3CC(N5CCCCC5)C3)C(=O)C43CCN(C(=O)C4CCC(C(=O)N5CCN(c6ccc7c(c6)C(=O)N(C6CCC(=O)NC6=O)C7=O)CC5)CC4)CC3)nc(Nc3ccccc3F)c21. The first kappa shape index (κ1) is 51.9. The molecular weight excluding hydrogens is 1020 g/mol. The van der Waals surface area contributed by atoms with Gasteiger partial charge in [-0.1, -0.05) is 30.7 Å². The zero-order valence-corrected chi connectivity index (χ0v) is 45.5. The van der Waals surface area contributed by atoms with E-state index in [0.717, 1.165) is 64.4 Å². The van der Waals surface area contributed by atoms with Crippen LogP contribution in [0.25, 0.3) is 22.3 Å².